The molecule has 2 aromatic heterocycles. The van der Waals surface area contributed by atoms with Crippen molar-refractivity contribution in [3.8, 4) is 16.3 Å². The molecular formula is C25H17ClN4O2S. The molecule has 0 atom stereocenters. The van der Waals surface area contributed by atoms with Gasteiger partial charge in [-0.1, -0.05) is 35.9 Å². The number of hydrogen-bond donors (Lipinski definition) is 1. The summed E-state index contributed by atoms with van der Waals surface area (Å²) in [5, 5.41) is 8.55. The quantitative estimate of drug-likeness (QED) is 0.362. The number of nitrogens with zero attached hydrogens (tertiary/aromatic N) is 3. The maximum atomic E-state index is 13.1. The zero-order valence-corrected chi connectivity index (χ0v) is 19.0. The second-order valence-corrected chi connectivity index (χ2v) is 8.84. The van der Waals surface area contributed by atoms with E-state index >= 15 is 0 Å². The van der Waals surface area contributed by atoms with Gasteiger partial charge < -0.3 is 5.32 Å². The molecule has 1 N–H and O–H groups in total. The van der Waals surface area contributed by atoms with Crippen molar-refractivity contribution in [3.05, 3.63) is 105 Å². The van der Waals surface area contributed by atoms with Crippen molar-refractivity contribution in [1.29, 1.82) is 0 Å². The Morgan fingerprint density at radius 3 is 2.52 bits per heavy atom. The van der Waals surface area contributed by atoms with E-state index in [2.05, 4.69) is 15.4 Å². The lowest BCUT2D eigenvalue weighted by Gasteiger charge is -2.12. The summed E-state index contributed by atoms with van der Waals surface area (Å²) in [6.45, 7) is 1.76. The Kier molecular flexibility index (Phi) is 5.50. The maximum Gasteiger partial charge on any atom is 0.280 e. The minimum Gasteiger partial charge on any atom is -0.320 e. The first-order valence-electron chi connectivity index (χ1n) is 10.1. The van der Waals surface area contributed by atoms with Gasteiger partial charge in [-0.05, 0) is 55.5 Å². The Labute approximate surface area is 198 Å². The topological polar surface area (TPSA) is 76.9 Å². The molecule has 5 aromatic rings. The molecule has 0 unspecified atom stereocenters. The Balaban J connectivity index is 1.51. The van der Waals surface area contributed by atoms with E-state index in [-0.39, 0.29) is 5.69 Å². The van der Waals surface area contributed by atoms with Gasteiger partial charge in [-0.2, -0.15) is 5.10 Å². The van der Waals surface area contributed by atoms with Gasteiger partial charge in [0.15, 0.2) is 5.69 Å². The Morgan fingerprint density at radius 2 is 1.73 bits per heavy atom. The molecule has 0 spiro atoms. The first-order chi connectivity index (χ1) is 16.0. The van der Waals surface area contributed by atoms with Crippen LogP contribution in [-0.4, -0.2) is 20.7 Å². The van der Waals surface area contributed by atoms with E-state index < -0.39 is 11.3 Å². The van der Waals surface area contributed by atoms with Crippen LogP contribution in [0, 0.1) is 6.92 Å². The molecule has 33 heavy (non-hydrogen) atoms. The van der Waals surface area contributed by atoms with Crippen LogP contribution in [0.25, 0.3) is 26.5 Å². The van der Waals surface area contributed by atoms with Gasteiger partial charge in [0.1, 0.15) is 5.01 Å². The first kappa shape index (κ1) is 21.1. The van der Waals surface area contributed by atoms with E-state index in [9.17, 15) is 9.59 Å². The molecule has 6 nitrogen and oxygen atoms in total. The lowest BCUT2D eigenvalue weighted by molar-refractivity contribution is 0.101. The highest BCUT2D eigenvalue weighted by Crippen LogP contribution is 2.34. The van der Waals surface area contributed by atoms with Crippen molar-refractivity contribution in [2.24, 2.45) is 0 Å². The van der Waals surface area contributed by atoms with Crippen LogP contribution in [0.1, 0.15) is 16.2 Å². The smallest absolute Gasteiger partial charge is 0.280 e. The number of para-hydroxylation sites is 2. The van der Waals surface area contributed by atoms with Gasteiger partial charge in [-0.3, -0.25) is 9.59 Å². The number of fused-ring (bicyclic) bond motifs is 1. The van der Waals surface area contributed by atoms with Gasteiger partial charge in [0, 0.05) is 22.3 Å². The van der Waals surface area contributed by atoms with Crippen LogP contribution in [0.3, 0.4) is 0 Å². The SMILES string of the molecule is Cc1cc(=O)c(C(=O)Nc2ccccc2-c2nc3ccccc3s2)nn1-c1ccc(Cl)cc1. The number of benzene rings is 3. The molecule has 0 bridgehead atoms. The standard InChI is InChI=1S/C25H17ClN4O2S/c1-15-14-21(31)23(29-30(15)17-12-10-16(26)11-13-17)24(32)27-19-7-3-2-6-18(19)25-28-20-8-4-5-9-22(20)33-25/h2-14H,1H3,(H,27,32). The monoisotopic (exact) mass is 472 g/mol. The third kappa shape index (κ3) is 4.16. The number of hydrogen-bond acceptors (Lipinski definition) is 5. The van der Waals surface area contributed by atoms with Crippen LogP contribution in [0.4, 0.5) is 5.69 Å². The predicted octanol–water partition coefficient (Wildman–Crippen LogP) is 5.72. The highest BCUT2D eigenvalue weighted by molar-refractivity contribution is 7.21. The van der Waals surface area contributed by atoms with Crippen LogP contribution in [0.2, 0.25) is 5.02 Å². The van der Waals surface area contributed by atoms with Crippen molar-refractivity contribution in [2.75, 3.05) is 5.32 Å². The first-order valence-corrected chi connectivity index (χ1v) is 11.3. The molecule has 1 amide bonds. The van der Waals surface area contributed by atoms with Crippen LogP contribution < -0.4 is 10.7 Å². The number of halogens is 1. The number of carbonyl (C=O) groups excluding carboxylic acids is 1. The van der Waals surface area contributed by atoms with Crippen LogP contribution >= 0.6 is 22.9 Å². The van der Waals surface area contributed by atoms with Crippen LogP contribution in [0.15, 0.2) is 83.7 Å². The van der Waals surface area contributed by atoms with Crippen molar-refractivity contribution in [3.63, 3.8) is 0 Å². The molecule has 8 heteroatoms. The zero-order valence-electron chi connectivity index (χ0n) is 17.4. The van der Waals surface area contributed by atoms with Gasteiger partial charge in [-0.25, -0.2) is 9.67 Å². The minimum atomic E-state index is -0.587. The molecular weight excluding hydrogens is 456 g/mol. The van der Waals surface area contributed by atoms with E-state index in [0.717, 1.165) is 20.8 Å². The van der Waals surface area contributed by atoms with Crippen molar-refractivity contribution < 1.29 is 4.79 Å². The lowest BCUT2D eigenvalue weighted by Crippen LogP contribution is -2.27. The summed E-state index contributed by atoms with van der Waals surface area (Å²) in [5.74, 6) is -0.587. The van der Waals surface area contributed by atoms with Gasteiger partial charge in [0.25, 0.3) is 5.91 Å². The fourth-order valence-electron chi connectivity index (χ4n) is 3.50. The van der Waals surface area contributed by atoms with Crippen molar-refractivity contribution in [1.82, 2.24) is 14.8 Å². The second kappa shape index (κ2) is 8.61. The fourth-order valence-corrected chi connectivity index (χ4v) is 4.63. The van der Waals surface area contributed by atoms with Gasteiger partial charge in [0.05, 0.1) is 21.6 Å². The highest BCUT2D eigenvalue weighted by atomic mass is 35.5. The normalized spacial score (nSPS) is 11.0. The number of nitrogens with one attached hydrogen (secondary N) is 1. The third-order valence-electron chi connectivity index (χ3n) is 5.09. The molecule has 162 valence electrons. The van der Waals surface area contributed by atoms with E-state index in [0.29, 0.717) is 22.1 Å². The van der Waals surface area contributed by atoms with Crippen LogP contribution in [-0.2, 0) is 0 Å². The molecule has 2 heterocycles. The average Bonchev–Trinajstić information content (AvgIpc) is 3.24. The number of amides is 1. The summed E-state index contributed by atoms with van der Waals surface area (Å²) >= 11 is 7.52. The largest absolute Gasteiger partial charge is 0.320 e. The fraction of sp³-hybridized carbons (Fsp3) is 0.0400. The summed E-state index contributed by atoms with van der Waals surface area (Å²) in [6, 6.07) is 23.6. The molecule has 0 aliphatic carbocycles. The Bertz CT molecular complexity index is 1520. The lowest BCUT2D eigenvalue weighted by atomic mass is 10.1. The Hall–Kier alpha value is -3.81. The van der Waals surface area contributed by atoms with Gasteiger partial charge in [-0.15, -0.1) is 11.3 Å². The molecule has 5 rings (SSSR count). The van der Waals surface area contributed by atoms with Gasteiger partial charge >= 0.3 is 0 Å². The summed E-state index contributed by atoms with van der Waals surface area (Å²) in [6.07, 6.45) is 0. The molecule has 0 saturated heterocycles. The summed E-state index contributed by atoms with van der Waals surface area (Å²) < 4.78 is 2.60. The summed E-state index contributed by atoms with van der Waals surface area (Å²) in [7, 11) is 0. The number of thiazole rings is 1. The number of aromatic nitrogens is 3. The summed E-state index contributed by atoms with van der Waals surface area (Å²) in [4.78, 5) is 30.4. The number of rotatable bonds is 4. The van der Waals surface area contributed by atoms with Crippen molar-refractivity contribution >= 4 is 44.7 Å². The molecule has 0 saturated carbocycles. The number of aryl methyl sites for hydroxylation is 1. The molecule has 3 aromatic carbocycles. The van der Waals surface area contributed by atoms with Crippen LogP contribution in [0.5, 0.6) is 0 Å². The minimum absolute atomic E-state index is 0.199. The molecule has 0 radical (unpaired) electrons. The van der Waals surface area contributed by atoms with E-state index in [4.69, 9.17) is 11.6 Å². The van der Waals surface area contributed by atoms with Gasteiger partial charge in [0.2, 0.25) is 5.43 Å². The highest BCUT2D eigenvalue weighted by Gasteiger charge is 2.18. The maximum absolute atomic E-state index is 13.1. The zero-order chi connectivity index (χ0) is 22.9. The molecule has 0 aliphatic heterocycles. The Morgan fingerprint density at radius 1 is 1.00 bits per heavy atom. The van der Waals surface area contributed by atoms with Crippen molar-refractivity contribution in [2.45, 2.75) is 6.92 Å². The van der Waals surface area contributed by atoms with E-state index in [1.807, 2.05) is 42.5 Å². The average molecular weight is 473 g/mol. The molecule has 0 fully saturated rings. The van der Waals surface area contributed by atoms with E-state index in [1.165, 1.54) is 17.4 Å². The number of carbonyl (C=O) groups is 1. The van der Waals surface area contributed by atoms with E-state index in [1.54, 1.807) is 41.9 Å². The summed E-state index contributed by atoms with van der Waals surface area (Å²) in [5.41, 5.74) is 2.88. The second-order valence-electron chi connectivity index (χ2n) is 7.37. The predicted molar refractivity (Wildman–Crippen MR) is 133 cm³/mol. The molecule has 0 aliphatic rings. The number of anilines is 1. The third-order valence-corrected chi connectivity index (χ3v) is 6.41.